The molecule has 2 heterocycles. The number of ether oxygens (including phenoxy) is 2. The van der Waals surface area contributed by atoms with Gasteiger partial charge in [0.05, 0.1) is 19.8 Å². The first-order valence-corrected chi connectivity index (χ1v) is 10.7. The molecular formula is C19H30N2O4S. The normalized spacial score (nSPS) is 26.9. The van der Waals surface area contributed by atoms with E-state index in [0.29, 0.717) is 24.3 Å². The minimum Gasteiger partial charge on any atom is -0.495 e. The summed E-state index contributed by atoms with van der Waals surface area (Å²) in [7, 11) is -2.14. The molecule has 2 aliphatic rings. The van der Waals surface area contributed by atoms with E-state index in [-0.39, 0.29) is 17.0 Å². The van der Waals surface area contributed by atoms with Gasteiger partial charge in [0.25, 0.3) is 0 Å². The van der Waals surface area contributed by atoms with Gasteiger partial charge in [0.2, 0.25) is 10.0 Å². The third-order valence-electron chi connectivity index (χ3n) is 5.58. The van der Waals surface area contributed by atoms with Crippen LogP contribution in [0.2, 0.25) is 0 Å². The van der Waals surface area contributed by atoms with Gasteiger partial charge in [0.1, 0.15) is 10.6 Å². The summed E-state index contributed by atoms with van der Waals surface area (Å²) in [5.74, 6) is 0.853. The molecule has 2 aliphatic heterocycles. The van der Waals surface area contributed by atoms with Gasteiger partial charge in [-0.15, -0.1) is 0 Å². The van der Waals surface area contributed by atoms with Crippen LogP contribution in [0.15, 0.2) is 17.0 Å². The van der Waals surface area contributed by atoms with Crippen LogP contribution in [0.25, 0.3) is 0 Å². The van der Waals surface area contributed by atoms with E-state index < -0.39 is 10.0 Å². The van der Waals surface area contributed by atoms with Crippen LogP contribution in [0.3, 0.4) is 0 Å². The van der Waals surface area contributed by atoms with Crippen LogP contribution in [-0.2, 0) is 14.8 Å². The molecule has 146 valence electrons. The summed E-state index contributed by atoms with van der Waals surface area (Å²) < 4.78 is 40.1. The van der Waals surface area contributed by atoms with Crippen molar-refractivity contribution >= 4 is 10.0 Å². The number of morpholine rings is 1. The Hall–Kier alpha value is -1.15. The molecule has 6 nitrogen and oxygen atoms in total. The molecule has 7 heteroatoms. The maximum Gasteiger partial charge on any atom is 0.244 e. The summed E-state index contributed by atoms with van der Waals surface area (Å²) in [6.45, 7) is 10.4. The fourth-order valence-corrected chi connectivity index (χ4v) is 5.28. The van der Waals surface area contributed by atoms with Crippen LogP contribution in [0, 0.1) is 19.8 Å². The summed E-state index contributed by atoms with van der Waals surface area (Å²) >= 11 is 0. The number of benzene rings is 1. The first-order valence-electron chi connectivity index (χ1n) is 9.24. The standard InChI is InChI=1S/C19H30N2O4S/c1-12(2)18-10-21-9-15(8-16(21)11-25-18)20-26(22,23)19-7-14(4)13(3)6-17(19)24-5/h6-7,12,15-16,18,20H,8-11H2,1-5H3/t15-,16-,18-/m0/s1. The largest absolute Gasteiger partial charge is 0.495 e. The van der Waals surface area contributed by atoms with Gasteiger partial charge < -0.3 is 9.47 Å². The molecule has 0 spiro atoms. The van der Waals surface area contributed by atoms with Gasteiger partial charge in [0, 0.05) is 25.2 Å². The molecule has 2 saturated heterocycles. The van der Waals surface area contributed by atoms with E-state index in [0.717, 1.165) is 30.6 Å². The number of hydrogen-bond acceptors (Lipinski definition) is 5. The lowest BCUT2D eigenvalue weighted by Crippen LogP contribution is -2.48. The summed E-state index contributed by atoms with van der Waals surface area (Å²) in [6, 6.07) is 3.66. The summed E-state index contributed by atoms with van der Waals surface area (Å²) in [6.07, 6.45) is 0.999. The molecular weight excluding hydrogens is 352 g/mol. The maximum atomic E-state index is 13.0. The fraction of sp³-hybridized carbons (Fsp3) is 0.684. The SMILES string of the molecule is COc1cc(C)c(C)cc1S(=O)(=O)N[C@H]1C[C@H]2CO[C@H](C(C)C)CN2C1. The van der Waals surface area contributed by atoms with Gasteiger partial charge in [-0.1, -0.05) is 13.8 Å². The van der Waals surface area contributed by atoms with E-state index in [1.165, 1.54) is 7.11 Å². The number of methoxy groups -OCH3 is 1. The number of nitrogens with one attached hydrogen (secondary N) is 1. The van der Waals surface area contributed by atoms with Gasteiger partial charge >= 0.3 is 0 Å². The summed E-state index contributed by atoms with van der Waals surface area (Å²) in [5, 5.41) is 0. The lowest BCUT2D eigenvalue weighted by Gasteiger charge is -2.36. The third kappa shape index (κ3) is 3.91. The fourth-order valence-electron chi connectivity index (χ4n) is 3.80. The molecule has 2 fully saturated rings. The molecule has 1 aromatic rings. The Kier molecular flexibility index (Phi) is 5.63. The number of hydrogen-bond donors (Lipinski definition) is 1. The first kappa shape index (κ1) is 19.6. The summed E-state index contributed by atoms with van der Waals surface area (Å²) in [5.41, 5.74) is 1.94. The van der Waals surface area contributed by atoms with Crippen molar-refractivity contribution in [3.05, 3.63) is 23.3 Å². The maximum absolute atomic E-state index is 13.0. The minimum atomic E-state index is -3.64. The van der Waals surface area contributed by atoms with E-state index in [4.69, 9.17) is 9.47 Å². The smallest absolute Gasteiger partial charge is 0.244 e. The highest BCUT2D eigenvalue weighted by molar-refractivity contribution is 7.89. The second-order valence-corrected chi connectivity index (χ2v) is 9.55. The van der Waals surface area contributed by atoms with E-state index in [1.54, 1.807) is 12.1 Å². The van der Waals surface area contributed by atoms with Crippen molar-refractivity contribution in [2.45, 2.75) is 57.2 Å². The van der Waals surface area contributed by atoms with Crippen LogP contribution in [0.1, 0.15) is 31.4 Å². The molecule has 0 aromatic heterocycles. The van der Waals surface area contributed by atoms with Crippen molar-refractivity contribution in [2.24, 2.45) is 5.92 Å². The van der Waals surface area contributed by atoms with Gasteiger partial charge in [-0.3, -0.25) is 4.90 Å². The number of sulfonamides is 1. The number of rotatable bonds is 5. The monoisotopic (exact) mass is 382 g/mol. The van der Waals surface area contributed by atoms with Crippen molar-refractivity contribution in [2.75, 3.05) is 26.8 Å². The van der Waals surface area contributed by atoms with E-state index in [2.05, 4.69) is 23.5 Å². The molecule has 3 rings (SSSR count). The topological polar surface area (TPSA) is 67.9 Å². The molecule has 0 radical (unpaired) electrons. The molecule has 26 heavy (non-hydrogen) atoms. The summed E-state index contributed by atoms with van der Waals surface area (Å²) in [4.78, 5) is 2.57. The van der Waals surface area contributed by atoms with Crippen molar-refractivity contribution in [3.8, 4) is 5.75 Å². The molecule has 1 N–H and O–H groups in total. The van der Waals surface area contributed by atoms with Crippen molar-refractivity contribution in [1.82, 2.24) is 9.62 Å². The Morgan fingerprint density at radius 2 is 1.92 bits per heavy atom. The molecule has 0 aliphatic carbocycles. The number of fused-ring (bicyclic) bond motifs is 1. The lowest BCUT2D eigenvalue weighted by molar-refractivity contribution is -0.0683. The van der Waals surface area contributed by atoms with Gasteiger partial charge in [-0.2, -0.15) is 0 Å². The Balaban J connectivity index is 1.74. The highest BCUT2D eigenvalue weighted by Gasteiger charge is 2.39. The minimum absolute atomic E-state index is 0.106. The average molecular weight is 383 g/mol. The highest BCUT2D eigenvalue weighted by Crippen LogP contribution is 2.30. The Bertz CT molecular complexity index is 763. The van der Waals surface area contributed by atoms with Crippen LogP contribution in [-0.4, -0.2) is 58.3 Å². The van der Waals surface area contributed by atoms with Crippen LogP contribution in [0.4, 0.5) is 0 Å². The zero-order chi connectivity index (χ0) is 19.1. The van der Waals surface area contributed by atoms with Crippen LogP contribution >= 0.6 is 0 Å². The van der Waals surface area contributed by atoms with Gasteiger partial charge in [-0.25, -0.2) is 13.1 Å². The van der Waals surface area contributed by atoms with Crippen LogP contribution < -0.4 is 9.46 Å². The lowest BCUT2D eigenvalue weighted by atomic mass is 10.0. The first-order chi connectivity index (χ1) is 12.2. The Morgan fingerprint density at radius 3 is 2.58 bits per heavy atom. The van der Waals surface area contributed by atoms with Gasteiger partial charge in [-0.05, 0) is 49.4 Å². The van der Waals surface area contributed by atoms with E-state index >= 15 is 0 Å². The zero-order valence-electron chi connectivity index (χ0n) is 16.3. The van der Waals surface area contributed by atoms with Crippen molar-refractivity contribution in [3.63, 3.8) is 0 Å². The highest BCUT2D eigenvalue weighted by atomic mass is 32.2. The van der Waals surface area contributed by atoms with E-state index in [9.17, 15) is 8.42 Å². The Labute approximate surface area is 156 Å². The second kappa shape index (κ2) is 7.46. The van der Waals surface area contributed by atoms with E-state index in [1.807, 2.05) is 13.8 Å². The molecule has 0 unspecified atom stereocenters. The number of aryl methyl sites for hydroxylation is 2. The van der Waals surface area contributed by atoms with Gasteiger partial charge in [0.15, 0.2) is 0 Å². The van der Waals surface area contributed by atoms with Crippen molar-refractivity contribution in [1.29, 1.82) is 0 Å². The quantitative estimate of drug-likeness (QED) is 0.845. The van der Waals surface area contributed by atoms with Crippen molar-refractivity contribution < 1.29 is 17.9 Å². The molecule has 1 aromatic carbocycles. The predicted molar refractivity (Wildman–Crippen MR) is 101 cm³/mol. The molecule has 0 saturated carbocycles. The average Bonchev–Trinajstić information content (AvgIpc) is 2.97. The third-order valence-corrected chi connectivity index (χ3v) is 7.12. The number of nitrogens with zero attached hydrogens (tertiary/aromatic N) is 1. The second-order valence-electron chi connectivity index (χ2n) is 7.86. The molecule has 3 atom stereocenters. The zero-order valence-corrected chi connectivity index (χ0v) is 17.1. The Morgan fingerprint density at radius 1 is 1.23 bits per heavy atom. The predicted octanol–water partition coefficient (Wildman–Crippen LogP) is 2.09. The molecule has 0 amide bonds. The van der Waals surface area contributed by atoms with Crippen LogP contribution in [0.5, 0.6) is 5.75 Å². The molecule has 0 bridgehead atoms.